The summed E-state index contributed by atoms with van der Waals surface area (Å²) in [5, 5.41) is 10.7. The highest BCUT2D eigenvalue weighted by Crippen LogP contribution is 2.25. The van der Waals surface area contributed by atoms with E-state index in [4.69, 9.17) is 4.74 Å². The summed E-state index contributed by atoms with van der Waals surface area (Å²) in [6, 6.07) is 8.41. The second kappa shape index (κ2) is 7.43. The molecule has 2 heterocycles. The Morgan fingerprint density at radius 2 is 1.88 bits per heavy atom. The van der Waals surface area contributed by atoms with Crippen LogP contribution in [0.1, 0.15) is 18.5 Å². The molecule has 0 unspecified atom stereocenters. The standard InChI is InChI=1S/C17H21N5O3/c1-13(14-4-3-5-16(10-14)25-2)20-6-8-21(9-7-20)17-18-11-15(12-19-17)22(23)24/h3-5,10-13H,6-9H2,1-2H3/t13-/m0/s1. The van der Waals surface area contributed by atoms with Crippen molar-refractivity contribution in [2.75, 3.05) is 38.2 Å². The normalized spacial score (nSPS) is 16.5. The minimum Gasteiger partial charge on any atom is -0.497 e. The Morgan fingerprint density at radius 1 is 1.20 bits per heavy atom. The maximum absolute atomic E-state index is 10.7. The molecule has 1 saturated heterocycles. The van der Waals surface area contributed by atoms with Gasteiger partial charge in [-0.1, -0.05) is 12.1 Å². The molecule has 0 N–H and O–H groups in total. The zero-order valence-electron chi connectivity index (χ0n) is 14.3. The van der Waals surface area contributed by atoms with Crippen molar-refractivity contribution >= 4 is 11.6 Å². The van der Waals surface area contributed by atoms with Crippen molar-refractivity contribution in [2.45, 2.75) is 13.0 Å². The zero-order chi connectivity index (χ0) is 17.8. The van der Waals surface area contributed by atoms with Crippen LogP contribution in [0.5, 0.6) is 5.75 Å². The molecule has 25 heavy (non-hydrogen) atoms. The second-order valence-corrected chi connectivity index (χ2v) is 5.97. The van der Waals surface area contributed by atoms with Gasteiger partial charge in [-0.2, -0.15) is 0 Å². The smallest absolute Gasteiger partial charge is 0.305 e. The average molecular weight is 343 g/mol. The Bertz CT molecular complexity index is 729. The molecular formula is C17H21N5O3. The third-order valence-electron chi connectivity index (χ3n) is 4.56. The summed E-state index contributed by atoms with van der Waals surface area (Å²) >= 11 is 0. The molecule has 1 atom stereocenters. The van der Waals surface area contributed by atoms with Gasteiger partial charge in [-0.05, 0) is 24.6 Å². The Morgan fingerprint density at radius 3 is 2.48 bits per heavy atom. The largest absolute Gasteiger partial charge is 0.497 e. The van der Waals surface area contributed by atoms with Gasteiger partial charge in [-0.3, -0.25) is 15.0 Å². The third-order valence-corrected chi connectivity index (χ3v) is 4.56. The number of aromatic nitrogens is 2. The Kier molecular flexibility index (Phi) is 5.08. The number of rotatable bonds is 5. The SMILES string of the molecule is COc1cccc([C@H](C)N2CCN(c3ncc([N+](=O)[O-])cn3)CC2)c1. The molecule has 1 aromatic heterocycles. The van der Waals surface area contributed by atoms with E-state index in [-0.39, 0.29) is 11.7 Å². The molecule has 0 bridgehead atoms. The summed E-state index contributed by atoms with van der Waals surface area (Å²) in [4.78, 5) is 22.9. The fourth-order valence-electron chi connectivity index (χ4n) is 2.99. The molecule has 0 aliphatic carbocycles. The van der Waals surface area contributed by atoms with Gasteiger partial charge >= 0.3 is 5.69 Å². The number of benzene rings is 1. The van der Waals surface area contributed by atoms with Crippen LogP contribution in [0.2, 0.25) is 0 Å². The van der Waals surface area contributed by atoms with Crippen molar-refractivity contribution in [3.8, 4) is 5.75 Å². The van der Waals surface area contributed by atoms with E-state index in [1.54, 1.807) is 7.11 Å². The van der Waals surface area contributed by atoms with Crippen LogP contribution in [0, 0.1) is 10.1 Å². The van der Waals surface area contributed by atoms with E-state index in [2.05, 4.69) is 38.8 Å². The highest BCUT2D eigenvalue weighted by atomic mass is 16.6. The van der Waals surface area contributed by atoms with Gasteiger partial charge in [0.05, 0.1) is 12.0 Å². The van der Waals surface area contributed by atoms with Crippen LogP contribution in [0.15, 0.2) is 36.7 Å². The number of methoxy groups -OCH3 is 1. The highest BCUT2D eigenvalue weighted by Gasteiger charge is 2.24. The number of anilines is 1. The molecule has 0 radical (unpaired) electrons. The van der Waals surface area contributed by atoms with Gasteiger partial charge in [0.15, 0.2) is 0 Å². The Labute approximate surface area is 146 Å². The van der Waals surface area contributed by atoms with Crippen molar-refractivity contribution in [3.63, 3.8) is 0 Å². The first-order chi connectivity index (χ1) is 12.1. The van der Waals surface area contributed by atoms with Crippen LogP contribution in [-0.4, -0.2) is 53.1 Å². The number of hydrogen-bond donors (Lipinski definition) is 0. The molecule has 132 valence electrons. The molecule has 1 aliphatic rings. The first kappa shape index (κ1) is 17.1. The summed E-state index contributed by atoms with van der Waals surface area (Å²) in [7, 11) is 1.67. The molecule has 1 aromatic carbocycles. The third kappa shape index (κ3) is 3.85. The summed E-state index contributed by atoms with van der Waals surface area (Å²) in [5.74, 6) is 1.40. The quantitative estimate of drug-likeness (QED) is 0.608. The second-order valence-electron chi connectivity index (χ2n) is 5.97. The zero-order valence-corrected chi connectivity index (χ0v) is 14.3. The molecule has 3 rings (SSSR count). The molecular weight excluding hydrogens is 322 g/mol. The van der Waals surface area contributed by atoms with Crippen molar-refractivity contribution in [3.05, 3.63) is 52.3 Å². The van der Waals surface area contributed by atoms with E-state index in [0.717, 1.165) is 31.9 Å². The number of nitro groups is 1. The first-order valence-corrected chi connectivity index (χ1v) is 8.18. The minimum absolute atomic E-state index is 0.0889. The lowest BCUT2D eigenvalue weighted by Crippen LogP contribution is -2.47. The summed E-state index contributed by atoms with van der Waals surface area (Å²) in [6.45, 7) is 5.50. The maximum Gasteiger partial charge on any atom is 0.305 e. The fourth-order valence-corrected chi connectivity index (χ4v) is 2.99. The van der Waals surface area contributed by atoms with E-state index in [0.29, 0.717) is 5.95 Å². The lowest BCUT2D eigenvalue weighted by atomic mass is 10.1. The summed E-state index contributed by atoms with van der Waals surface area (Å²) < 4.78 is 5.30. The predicted octanol–water partition coefficient (Wildman–Crippen LogP) is 2.28. The van der Waals surface area contributed by atoms with Gasteiger partial charge in [-0.15, -0.1) is 0 Å². The topological polar surface area (TPSA) is 84.6 Å². The van der Waals surface area contributed by atoms with Crippen LogP contribution in [0.4, 0.5) is 11.6 Å². The number of nitrogens with zero attached hydrogens (tertiary/aromatic N) is 5. The lowest BCUT2D eigenvalue weighted by molar-refractivity contribution is -0.385. The monoisotopic (exact) mass is 343 g/mol. The number of hydrogen-bond acceptors (Lipinski definition) is 7. The molecule has 1 fully saturated rings. The van der Waals surface area contributed by atoms with E-state index in [1.165, 1.54) is 18.0 Å². The van der Waals surface area contributed by atoms with Crippen molar-refractivity contribution in [1.29, 1.82) is 0 Å². The molecule has 0 amide bonds. The van der Waals surface area contributed by atoms with E-state index in [9.17, 15) is 10.1 Å². The van der Waals surface area contributed by atoms with Gasteiger partial charge in [0, 0.05) is 32.2 Å². The summed E-state index contributed by atoms with van der Waals surface area (Å²) in [6.07, 6.45) is 2.52. The van der Waals surface area contributed by atoms with Crippen molar-refractivity contribution < 1.29 is 9.66 Å². The molecule has 8 heteroatoms. The minimum atomic E-state index is -0.489. The van der Waals surface area contributed by atoms with Gasteiger partial charge < -0.3 is 9.64 Å². The molecule has 0 saturated carbocycles. The average Bonchev–Trinajstić information content (AvgIpc) is 2.67. The highest BCUT2D eigenvalue weighted by molar-refractivity contribution is 5.35. The van der Waals surface area contributed by atoms with Crippen LogP contribution < -0.4 is 9.64 Å². The maximum atomic E-state index is 10.7. The predicted molar refractivity (Wildman–Crippen MR) is 93.9 cm³/mol. The molecule has 2 aromatic rings. The van der Waals surface area contributed by atoms with Gasteiger partial charge in [-0.25, -0.2) is 9.97 Å². The fraction of sp³-hybridized carbons (Fsp3) is 0.412. The van der Waals surface area contributed by atoms with Crippen LogP contribution in [0.25, 0.3) is 0 Å². The van der Waals surface area contributed by atoms with Gasteiger partial charge in [0.25, 0.3) is 0 Å². The Hall–Kier alpha value is -2.74. The van der Waals surface area contributed by atoms with Gasteiger partial charge in [0.2, 0.25) is 5.95 Å². The number of piperazine rings is 1. The van der Waals surface area contributed by atoms with Crippen LogP contribution in [-0.2, 0) is 0 Å². The van der Waals surface area contributed by atoms with Crippen molar-refractivity contribution in [1.82, 2.24) is 14.9 Å². The van der Waals surface area contributed by atoms with E-state index < -0.39 is 4.92 Å². The van der Waals surface area contributed by atoms with Gasteiger partial charge in [0.1, 0.15) is 18.1 Å². The number of ether oxygens (including phenoxy) is 1. The van der Waals surface area contributed by atoms with E-state index in [1.807, 2.05) is 12.1 Å². The van der Waals surface area contributed by atoms with Crippen LogP contribution >= 0.6 is 0 Å². The molecule has 1 aliphatic heterocycles. The Balaban J connectivity index is 1.62. The lowest BCUT2D eigenvalue weighted by Gasteiger charge is -2.38. The van der Waals surface area contributed by atoms with Crippen LogP contribution in [0.3, 0.4) is 0 Å². The molecule has 8 nitrogen and oxygen atoms in total. The first-order valence-electron chi connectivity index (χ1n) is 8.18. The van der Waals surface area contributed by atoms with Crippen molar-refractivity contribution in [2.24, 2.45) is 0 Å². The summed E-state index contributed by atoms with van der Waals surface area (Å²) in [5.41, 5.74) is 1.13. The van der Waals surface area contributed by atoms with E-state index >= 15 is 0 Å². The molecule has 0 spiro atoms.